The second kappa shape index (κ2) is 5.58. The van der Waals surface area contributed by atoms with Crippen molar-refractivity contribution in [2.75, 3.05) is 13.4 Å². The Balaban J connectivity index is 2.19. The molecular weight excluding hydrogens is 302 g/mol. The van der Waals surface area contributed by atoms with Crippen molar-refractivity contribution in [2.24, 2.45) is 5.73 Å². The minimum absolute atomic E-state index is 0.188. The molecule has 1 unspecified atom stereocenters. The molecule has 0 radical (unpaired) electrons. The lowest BCUT2D eigenvalue weighted by molar-refractivity contribution is -0.144. The number of ether oxygens (including phenoxy) is 3. The van der Waals surface area contributed by atoms with Crippen molar-refractivity contribution in [1.29, 1.82) is 0 Å². The summed E-state index contributed by atoms with van der Waals surface area (Å²) in [6.45, 7) is 2.26. The maximum atomic E-state index is 11.5. The summed E-state index contributed by atoms with van der Waals surface area (Å²) in [5, 5.41) is 0. The van der Waals surface area contributed by atoms with Gasteiger partial charge in [-0.1, -0.05) is 15.9 Å². The van der Waals surface area contributed by atoms with Crippen molar-refractivity contribution in [3.8, 4) is 11.5 Å². The Labute approximate surface area is 113 Å². The van der Waals surface area contributed by atoms with Gasteiger partial charge >= 0.3 is 5.97 Å². The van der Waals surface area contributed by atoms with Crippen LogP contribution < -0.4 is 15.2 Å². The molecule has 18 heavy (non-hydrogen) atoms. The summed E-state index contributed by atoms with van der Waals surface area (Å²) < 4.78 is 16.4. The number of hydrogen-bond acceptors (Lipinski definition) is 5. The van der Waals surface area contributed by atoms with Gasteiger partial charge in [0.2, 0.25) is 6.79 Å². The number of carbonyl (C=O) groups excluding carboxylic acids is 1. The summed E-state index contributed by atoms with van der Waals surface area (Å²) in [5.74, 6) is 0.898. The highest BCUT2D eigenvalue weighted by Crippen LogP contribution is 2.40. The molecule has 98 valence electrons. The van der Waals surface area contributed by atoms with Gasteiger partial charge < -0.3 is 19.9 Å². The van der Waals surface area contributed by atoms with E-state index < -0.39 is 12.0 Å². The van der Waals surface area contributed by atoms with Crippen LogP contribution in [0, 0.1) is 0 Å². The van der Waals surface area contributed by atoms with Crippen LogP contribution in [0.4, 0.5) is 0 Å². The summed E-state index contributed by atoms with van der Waals surface area (Å²) in [6.07, 6.45) is 0.339. The Bertz CT molecular complexity index is 464. The van der Waals surface area contributed by atoms with E-state index in [4.69, 9.17) is 19.9 Å². The molecule has 0 aliphatic carbocycles. The normalized spacial score (nSPS) is 14.4. The molecule has 5 nitrogen and oxygen atoms in total. The third-order valence-electron chi connectivity index (χ3n) is 2.60. The summed E-state index contributed by atoms with van der Waals surface area (Å²) in [5.41, 5.74) is 6.63. The van der Waals surface area contributed by atoms with E-state index in [1.807, 2.05) is 12.1 Å². The van der Waals surface area contributed by atoms with Gasteiger partial charge in [0.25, 0.3) is 0 Å². The van der Waals surface area contributed by atoms with Gasteiger partial charge in [-0.05, 0) is 19.1 Å². The number of esters is 1. The molecule has 0 fully saturated rings. The zero-order valence-corrected chi connectivity index (χ0v) is 11.5. The Morgan fingerprint density at radius 1 is 1.56 bits per heavy atom. The van der Waals surface area contributed by atoms with Crippen LogP contribution in [0.25, 0.3) is 0 Å². The van der Waals surface area contributed by atoms with Crippen LogP contribution in [-0.4, -0.2) is 25.4 Å². The van der Waals surface area contributed by atoms with Crippen molar-refractivity contribution in [1.82, 2.24) is 0 Å². The molecule has 0 bridgehead atoms. The van der Waals surface area contributed by atoms with Crippen molar-refractivity contribution < 1.29 is 19.0 Å². The van der Waals surface area contributed by atoms with E-state index in [1.54, 1.807) is 6.92 Å². The summed E-state index contributed by atoms with van der Waals surface area (Å²) >= 11 is 3.42. The number of halogens is 1. The second-order valence-electron chi connectivity index (χ2n) is 3.82. The van der Waals surface area contributed by atoms with Crippen molar-refractivity contribution >= 4 is 21.9 Å². The van der Waals surface area contributed by atoms with Gasteiger partial charge in [-0.3, -0.25) is 4.79 Å². The van der Waals surface area contributed by atoms with E-state index in [2.05, 4.69) is 15.9 Å². The van der Waals surface area contributed by atoms with Crippen LogP contribution in [0.5, 0.6) is 11.5 Å². The molecule has 1 aromatic carbocycles. The summed E-state index contributed by atoms with van der Waals surface area (Å²) in [6, 6.07) is 2.95. The van der Waals surface area contributed by atoms with Gasteiger partial charge in [0.05, 0.1) is 6.61 Å². The van der Waals surface area contributed by atoms with Gasteiger partial charge in [0.1, 0.15) is 6.04 Å². The fourth-order valence-corrected chi connectivity index (χ4v) is 2.22. The van der Waals surface area contributed by atoms with E-state index in [9.17, 15) is 4.79 Å². The molecule has 1 aliphatic heterocycles. The number of hydrogen-bond donors (Lipinski definition) is 1. The van der Waals surface area contributed by atoms with E-state index in [1.165, 1.54) is 0 Å². The predicted octanol–water partition coefficient (Wildman–Crippen LogP) is 1.61. The van der Waals surface area contributed by atoms with E-state index in [0.29, 0.717) is 24.5 Å². The average molecular weight is 316 g/mol. The fourth-order valence-electron chi connectivity index (χ4n) is 1.75. The lowest BCUT2D eigenvalue weighted by Gasteiger charge is -2.13. The Hall–Kier alpha value is -1.27. The highest BCUT2D eigenvalue weighted by atomic mass is 79.9. The van der Waals surface area contributed by atoms with Gasteiger partial charge in [-0.2, -0.15) is 0 Å². The summed E-state index contributed by atoms with van der Waals surface area (Å²) in [4.78, 5) is 11.5. The number of rotatable bonds is 4. The molecule has 1 atom stereocenters. The SMILES string of the molecule is CCOC(=O)C(N)Cc1c(Br)ccc2c1OCO2. The monoisotopic (exact) mass is 315 g/mol. The largest absolute Gasteiger partial charge is 0.465 e. The molecule has 2 rings (SSSR count). The standard InChI is InChI=1S/C12H14BrNO4/c1-2-16-12(15)9(14)5-7-8(13)3-4-10-11(7)18-6-17-10/h3-4,9H,2,5-6,14H2,1H3. The zero-order chi connectivity index (χ0) is 13.1. The zero-order valence-electron chi connectivity index (χ0n) is 9.94. The minimum atomic E-state index is -0.711. The third-order valence-corrected chi connectivity index (χ3v) is 3.34. The van der Waals surface area contributed by atoms with Crippen LogP contribution in [0.2, 0.25) is 0 Å². The van der Waals surface area contributed by atoms with Crippen LogP contribution >= 0.6 is 15.9 Å². The highest BCUT2D eigenvalue weighted by Gasteiger charge is 2.24. The molecular formula is C12H14BrNO4. The Morgan fingerprint density at radius 2 is 2.33 bits per heavy atom. The molecule has 0 spiro atoms. The minimum Gasteiger partial charge on any atom is -0.465 e. The van der Waals surface area contributed by atoms with Gasteiger partial charge in [-0.25, -0.2) is 0 Å². The molecule has 0 saturated carbocycles. The Kier molecular flexibility index (Phi) is 4.08. The molecule has 0 saturated heterocycles. The van der Waals surface area contributed by atoms with Crippen LogP contribution in [0.1, 0.15) is 12.5 Å². The third kappa shape index (κ3) is 2.59. The number of benzene rings is 1. The second-order valence-corrected chi connectivity index (χ2v) is 4.68. The van der Waals surface area contributed by atoms with Crippen molar-refractivity contribution in [3.63, 3.8) is 0 Å². The molecule has 1 heterocycles. The number of carbonyl (C=O) groups is 1. The maximum Gasteiger partial charge on any atom is 0.323 e. The molecule has 2 N–H and O–H groups in total. The van der Waals surface area contributed by atoms with Gasteiger partial charge in [-0.15, -0.1) is 0 Å². The van der Waals surface area contributed by atoms with Crippen LogP contribution in [-0.2, 0) is 16.0 Å². The van der Waals surface area contributed by atoms with Gasteiger partial charge in [0, 0.05) is 16.5 Å². The van der Waals surface area contributed by atoms with E-state index in [-0.39, 0.29) is 6.79 Å². The van der Waals surface area contributed by atoms with E-state index >= 15 is 0 Å². The molecule has 1 aromatic rings. The lowest BCUT2D eigenvalue weighted by Crippen LogP contribution is -2.34. The maximum absolute atomic E-state index is 11.5. The van der Waals surface area contributed by atoms with Crippen LogP contribution in [0.3, 0.4) is 0 Å². The lowest BCUT2D eigenvalue weighted by atomic mass is 10.1. The first-order chi connectivity index (χ1) is 8.63. The number of fused-ring (bicyclic) bond motifs is 1. The topological polar surface area (TPSA) is 70.8 Å². The summed E-state index contributed by atoms with van der Waals surface area (Å²) in [7, 11) is 0. The molecule has 1 aliphatic rings. The molecule has 6 heteroatoms. The average Bonchev–Trinajstić information content (AvgIpc) is 2.81. The first kappa shape index (κ1) is 13.2. The van der Waals surface area contributed by atoms with Gasteiger partial charge in [0.15, 0.2) is 11.5 Å². The van der Waals surface area contributed by atoms with Crippen molar-refractivity contribution in [2.45, 2.75) is 19.4 Å². The smallest absolute Gasteiger partial charge is 0.323 e. The molecule has 0 amide bonds. The number of nitrogens with two attached hydrogens (primary N) is 1. The van der Waals surface area contributed by atoms with Crippen LogP contribution in [0.15, 0.2) is 16.6 Å². The predicted molar refractivity (Wildman–Crippen MR) is 68.6 cm³/mol. The fraction of sp³-hybridized carbons (Fsp3) is 0.417. The highest BCUT2D eigenvalue weighted by molar-refractivity contribution is 9.10. The molecule has 0 aromatic heterocycles. The van der Waals surface area contributed by atoms with E-state index in [0.717, 1.165) is 10.0 Å². The first-order valence-electron chi connectivity index (χ1n) is 5.62. The van der Waals surface area contributed by atoms with Crippen molar-refractivity contribution in [3.05, 3.63) is 22.2 Å². The Morgan fingerprint density at radius 3 is 3.06 bits per heavy atom. The quantitative estimate of drug-likeness (QED) is 0.855. The first-order valence-corrected chi connectivity index (χ1v) is 6.42.